The molecule has 0 bridgehead atoms. The highest BCUT2D eigenvalue weighted by molar-refractivity contribution is 6.07. The Hall–Kier alpha value is -2.62. The smallest absolute Gasteiger partial charge is 0.232 e. The molecule has 106 valence electrons. The van der Waals surface area contributed by atoms with Crippen molar-refractivity contribution >= 4 is 17.4 Å². The maximum absolute atomic E-state index is 12.3. The number of fused-ring (bicyclic) bond motifs is 1. The molecule has 0 spiro atoms. The Morgan fingerprint density at radius 1 is 1.14 bits per heavy atom. The Kier molecular flexibility index (Phi) is 3.44. The lowest BCUT2D eigenvalue weighted by Crippen LogP contribution is -2.16. The first kappa shape index (κ1) is 13.4. The number of nitrogens with one attached hydrogen (secondary N) is 1. The van der Waals surface area contributed by atoms with E-state index in [1.807, 2.05) is 24.3 Å². The minimum atomic E-state index is -0.407. The number of ether oxygens (including phenoxy) is 1. The molecule has 2 aromatic rings. The van der Waals surface area contributed by atoms with Crippen molar-refractivity contribution in [3.63, 3.8) is 0 Å². The van der Waals surface area contributed by atoms with E-state index in [4.69, 9.17) is 4.74 Å². The number of carbonyl (C=O) groups is 2. The minimum absolute atomic E-state index is 0.0468. The molecule has 1 aliphatic rings. The third-order valence-electron chi connectivity index (χ3n) is 3.71. The Balaban J connectivity index is 1.80. The Labute approximate surface area is 122 Å². The van der Waals surface area contributed by atoms with Crippen LogP contribution in [0.1, 0.15) is 28.3 Å². The molecular formula is C17H15NO3. The SMILES string of the molecule is COc1ccc(C(=O)C[C@@H]2C(=O)Nc3ccccc32)cc1. The van der Waals surface area contributed by atoms with Gasteiger partial charge in [0, 0.05) is 17.7 Å². The van der Waals surface area contributed by atoms with E-state index in [1.54, 1.807) is 31.4 Å². The first-order chi connectivity index (χ1) is 10.2. The van der Waals surface area contributed by atoms with Crippen LogP contribution in [0.4, 0.5) is 5.69 Å². The molecule has 1 atom stereocenters. The monoisotopic (exact) mass is 281 g/mol. The van der Waals surface area contributed by atoms with Crippen molar-refractivity contribution in [3.05, 3.63) is 59.7 Å². The summed E-state index contributed by atoms with van der Waals surface area (Å²) >= 11 is 0. The maximum Gasteiger partial charge on any atom is 0.232 e. The maximum atomic E-state index is 12.3. The fourth-order valence-electron chi connectivity index (χ4n) is 2.56. The van der Waals surface area contributed by atoms with Crippen molar-refractivity contribution in [3.8, 4) is 5.75 Å². The van der Waals surface area contributed by atoms with Gasteiger partial charge in [0.2, 0.25) is 5.91 Å². The topological polar surface area (TPSA) is 55.4 Å². The average molecular weight is 281 g/mol. The first-order valence-electron chi connectivity index (χ1n) is 6.76. The van der Waals surface area contributed by atoms with Gasteiger partial charge in [-0.15, -0.1) is 0 Å². The van der Waals surface area contributed by atoms with E-state index < -0.39 is 5.92 Å². The van der Waals surface area contributed by atoms with Crippen LogP contribution in [0.3, 0.4) is 0 Å². The van der Waals surface area contributed by atoms with Crippen LogP contribution in [0.25, 0.3) is 0 Å². The highest BCUT2D eigenvalue weighted by Crippen LogP contribution is 2.35. The van der Waals surface area contributed by atoms with Gasteiger partial charge in [-0.05, 0) is 35.9 Å². The van der Waals surface area contributed by atoms with Crippen molar-refractivity contribution in [1.29, 1.82) is 0 Å². The molecule has 4 heteroatoms. The molecule has 21 heavy (non-hydrogen) atoms. The summed E-state index contributed by atoms with van der Waals surface area (Å²) in [5.41, 5.74) is 2.28. The summed E-state index contributed by atoms with van der Waals surface area (Å²) in [5.74, 6) is 0.138. The van der Waals surface area contributed by atoms with Crippen LogP contribution < -0.4 is 10.1 Å². The first-order valence-corrected chi connectivity index (χ1v) is 6.76. The molecule has 3 rings (SSSR count). The van der Waals surface area contributed by atoms with Crippen LogP contribution in [0.2, 0.25) is 0 Å². The molecule has 1 heterocycles. The zero-order valence-electron chi connectivity index (χ0n) is 11.6. The van der Waals surface area contributed by atoms with Gasteiger partial charge in [0.05, 0.1) is 13.0 Å². The Morgan fingerprint density at radius 3 is 2.57 bits per heavy atom. The number of hydrogen-bond donors (Lipinski definition) is 1. The molecule has 0 fully saturated rings. The molecule has 0 saturated heterocycles. The lowest BCUT2D eigenvalue weighted by Gasteiger charge is -2.08. The van der Waals surface area contributed by atoms with E-state index in [9.17, 15) is 9.59 Å². The van der Waals surface area contributed by atoms with Gasteiger partial charge in [-0.3, -0.25) is 9.59 Å². The number of carbonyl (C=O) groups excluding carboxylic acids is 2. The zero-order chi connectivity index (χ0) is 14.8. The fraction of sp³-hybridized carbons (Fsp3) is 0.176. The third kappa shape index (κ3) is 2.52. The molecule has 1 N–H and O–H groups in total. The number of methoxy groups -OCH3 is 1. The van der Waals surface area contributed by atoms with Crippen LogP contribution in [0.5, 0.6) is 5.75 Å². The number of para-hydroxylation sites is 1. The number of rotatable bonds is 4. The highest BCUT2D eigenvalue weighted by Gasteiger charge is 2.32. The average Bonchev–Trinajstić information content (AvgIpc) is 2.83. The van der Waals surface area contributed by atoms with Crippen molar-refractivity contribution in [2.75, 3.05) is 12.4 Å². The van der Waals surface area contributed by atoms with E-state index in [1.165, 1.54) is 0 Å². The molecule has 2 aromatic carbocycles. The number of anilines is 1. The largest absolute Gasteiger partial charge is 0.497 e. The number of hydrogen-bond acceptors (Lipinski definition) is 3. The van der Waals surface area contributed by atoms with Gasteiger partial charge in [0.25, 0.3) is 0 Å². The molecule has 0 aliphatic carbocycles. The van der Waals surface area contributed by atoms with E-state index in [2.05, 4.69) is 5.32 Å². The quantitative estimate of drug-likeness (QED) is 0.876. The predicted octanol–water partition coefficient (Wildman–Crippen LogP) is 3.00. The molecule has 0 radical (unpaired) electrons. The normalized spacial score (nSPS) is 16.2. The highest BCUT2D eigenvalue weighted by atomic mass is 16.5. The van der Waals surface area contributed by atoms with Crippen LogP contribution >= 0.6 is 0 Å². The lowest BCUT2D eigenvalue weighted by atomic mass is 9.93. The Bertz CT molecular complexity index is 691. The predicted molar refractivity (Wildman–Crippen MR) is 79.8 cm³/mol. The molecule has 1 amide bonds. The molecule has 0 saturated carbocycles. The van der Waals surface area contributed by atoms with E-state index >= 15 is 0 Å². The summed E-state index contributed by atoms with van der Waals surface area (Å²) in [6.07, 6.45) is 0.176. The Morgan fingerprint density at radius 2 is 1.86 bits per heavy atom. The third-order valence-corrected chi connectivity index (χ3v) is 3.71. The molecule has 4 nitrogen and oxygen atoms in total. The van der Waals surface area contributed by atoms with Crippen molar-refractivity contribution in [1.82, 2.24) is 0 Å². The minimum Gasteiger partial charge on any atom is -0.497 e. The molecule has 0 aromatic heterocycles. The number of amides is 1. The second-order valence-corrected chi connectivity index (χ2v) is 4.98. The second-order valence-electron chi connectivity index (χ2n) is 4.98. The van der Waals surface area contributed by atoms with Crippen molar-refractivity contribution in [2.24, 2.45) is 0 Å². The second kappa shape index (κ2) is 5.40. The van der Waals surface area contributed by atoms with Crippen LogP contribution in [-0.2, 0) is 4.79 Å². The van der Waals surface area contributed by atoms with Crippen LogP contribution in [0, 0.1) is 0 Å². The van der Waals surface area contributed by atoms with Gasteiger partial charge in [-0.25, -0.2) is 0 Å². The van der Waals surface area contributed by atoms with Gasteiger partial charge in [0.1, 0.15) is 5.75 Å². The fourth-order valence-corrected chi connectivity index (χ4v) is 2.56. The number of ketones is 1. The van der Waals surface area contributed by atoms with Gasteiger partial charge in [-0.1, -0.05) is 18.2 Å². The summed E-state index contributed by atoms with van der Waals surface area (Å²) in [5, 5.41) is 2.81. The summed E-state index contributed by atoms with van der Waals surface area (Å²) in [6.45, 7) is 0. The van der Waals surface area contributed by atoms with Crippen LogP contribution in [-0.4, -0.2) is 18.8 Å². The van der Waals surface area contributed by atoms with Gasteiger partial charge < -0.3 is 10.1 Å². The van der Waals surface area contributed by atoms with Gasteiger partial charge in [0.15, 0.2) is 5.78 Å². The standard InChI is InChI=1S/C17H15NO3/c1-21-12-8-6-11(7-9-12)16(19)10-14-13-4-2-3-5-15(13)18-17(14)20/h2-9,14H,10H2,1H3,(H,18,20)/t14-/m0/s1. The van der Waals surface area contributed by atoms with Crippen molar-refractivity contribution in [2.45, 2.75) is 12.3 Å². The summed E-state index contributed by atoms with van der Waals surface area (Å²) in [7, 11) is 1.58. The van der Waals surface area contributed by atoms with Gasteiger partial charge in [-0.2, -0.15) is 0 Å². The summed E-state index contributed by atoms with van der Waals surface area (Å²) in [4.78, 5) is 24.3. The van der Waals surface area contributed by atoms with E-state index in [0.29, 0.717) is 11.3 Å². The number of benzene rings is 2. The molecule has 0 unspecified atom stereocenters. The summed E-state index contributed by atoms with van der Waals surface area (Å²) in [6, 6.07) is 14.4. The molecule has 1 aliphatic heterocycles. The van der Waals surface area contributed by atoms with Crippen LogP contribution in [0.15, 0.2) is 48.5 Å². The zero-order valence-corrected chi connectivity index (χ0v) is 11.6. The van der Waals surface area contributed by atoms with Crippen molar-refractivity contribution < 1.29 is 14.3 Å². The lowest BCUT2D eigenvalue weighted by molar-refractivity contribution is -0.117. The van der Waals surface area contributed by atoms with E-state index in [0.717, 1.165) is 11.3 Å². The summed E-state index contributed by atoms with van der Waals surface area (Å²) < 4.78 is 5.07. The molecular weight excluding hydrogens is 266 g/mol. The number of Topliss-reactive ketones (excluding diaryl/α,β-unsaturated/α-hetero) is 1. The van der Waals surface area contributed by atoms with Gasteiger partial charge >= 0.3 is 0 Å². The van der Waals surface area contributed by atoms with E-state index in [-0.39, 0.29) is 18.1 Å².